The Morgan fingerprint density at radius 2 is 1.64 bits per heavy atom. The second kappa shape index (κ2) is 15.0. The molecule has 1 amide bonds. The van der Waals surface area contributed by atoms with E-state index < -0.39 is 11.9 Å². The van der Waals surface area contributed by atoms with Gasteiger partial charge in [0.25, 0.3) is 5.91 Å². The van der Waals surface area contributed by atoms with E-state index in [4.69, 9.17) is 16.3 Å². The fourth-order valence-corrected chi connectivity index (χ4v) is 5.49. The van der Waals surface area contributed by atoms with Crippen molar-refractivity contribution >= 4 is 69.6 Å². The molecule has 2 N–H and O–H groups in total. The fraction of sp³-hybridized carbons (Fsp3) is 0.222. The van der Waals surface area contributed by atoms with Crippen LogP contribution in [-0.2, 0) is 13.0 Å². The predicted molar refractivity (Wildman–Crippen MR) is 179 cm³/mol. The molecular formula is C36H35ClN2NaO4. The monoisotopic (exact) mass is 617 g/mol. The minimum atomic E-state index is -1.15. The van der Waals surface area contributed by atoms with Crippen LogP contribution in [0.15, 0.2) is 91.0 Å². The summed E-state index contributed by atoms with van der Waals surface area (Å²) < 4.78 is 7.49. The molecule has 1 aromatic heterocycles. The van der Waals surface area contributed by atoms with Gasteiger partial charge in [-0.1, -0.05) is 79.5 Å². The summed E-state index contributed by atoms with van der Waals surface area (Å²) in [5, 5.41) is 14.6. The van der Waals surface area contributed by atoms with Crippen molar-refractivity contribution in [1.82, 2.24) is 4.57 Å². The van der Waals surface area contributed by atoms with Crippen molar-refractivity contribution in [3.05, 3.63) is 118 Å². The molecule has 6 nitrogen and oxygen atoms in total. The minimum absolute atomic E-state index is 0. The average Bonchev–Trinajstić information content (AvgIpc) is 3.28. The number of nitrogens with zero attached hydrogens (tertiary/aromatic N) is 1. The third kappa shape index (κ3) is 7.74. The SMILES string of the molecule is CCCCc1ccc(-c2ccc3c(NC(=O)c4cccc(OC(C)C)c4)c(C(=O)O)n(Cc4cccc(Cl)c4)c3c2)cc1.[Na]. The molecule has 0 bridgehead atoms. The Hall–Kier alpha value is -3.55. The third-order valence-electron chi connectivity index (χ3n) is 7.31. The molecule has 0 atom stereocenters. The van der Waals surface area contributed by atoms with E-state index in [0.717, 1.165) is 36.0 Å². The second-order valence-corrected chi connectivity index (χ2v) is 11.4. The first kappa shape index (κ1) is 33.3. The maximum absolute atomic E-state index is 13.5. The molecule has 5 rings (SSSR count). The number of hydrogen-bond donors (Lipinski definition) is 2. The van der Waals surface area contributed by atoms with Crippen LogP contribution in [-0.4, -0.2) is 57.2 Å². The predicted octanol–water partition coefficient (Wildman–Crippen LogP) is 8.71. The Morgan fingerprint density at radius 1 is 0.909 bits per heavy atom. The number of carboxylic acids is 1. The van der Waals surface area contributed by atoms with Crippen LogP contribution in [0.1, 0.15) is 65.6 Å². The van der Waals surface area contributed by atoms with E-state index >= 15 is 0 Å². The number of anilines is 1. The number of benzene rings is 4. The summed E-state index contributed by atoms with van der Waals surface area (Å²) in [6, 6.07) is 28.5. The summed E-state index contributed by atoms with van der Waals surface area (Å²) in [5.41, 5.74) is 5.40. The van der Waals surface area contributed by atoms with E-state index in [0.29, 0.717) is 27.2 Å². The van der Waals surface area contributed by atoms with Gasteiger partial charge >= 0.3 is 5.97 Å². The number of aryl methyl sites for hydroxylation is 1. The topological polar surface area (TPSA) is 80.6 Å². The fourth-order valence-electron chi connectivity index (χ4n) is 5.27. The molecule has 221 valence electrons. The van der Waals surface area contributed by atoms with Gasteiger partial charge in [0.05, 0.1) is 17.3 Å². The van der Waals surface area contributed by atoms with E-state index in [-0.39, 0.29) is 53.6 Å². The van der Waals surface area contributed by atoms with Gasteiger partial charge in [0.2, 0.25) is 0 Å². The van der Waals surface area contributed by atoms with Gasteiger partial charge in [-0.25, -0.2) is 4.79 Å². The summed E-state index contributed by atoms with van der Waals surface area (Å²) in [4.78, 5) is 26.3. The van der Waals surface area contributed by atoms with Crippen LogP contribution in [0, 0.1) is 0 Å². The molecule has 0 spiro atoms. The second-order valence-electron chi connectivity index (χ2n) is 10.9. The van der Waals surface area contributed by atoms with Crippen LogP contribution in [0.2, 0.25) is 5.02 Å². The molecule has 44 heavy (non-hydrogen) atoms. The molecular weight excluding hydrogens is 583 g/mol. The molecule has 0 saturated heterocycles. The Balaban J connectivity index is 0.00000442. The number of ether oxygens (including phenoxy) is 1. The van der Waals surface area contributed by atoms with Gasteiger partial charge < -0.3 is 19.7 Å². The number of carboxylic acid groups (broad SMARTS) is 1. The number of rotatable bonds is 11. The van der Waals surface area contributed by atoms with E-state index in [9.17, 15) is 14.7 Å². The molecule has 1 radical (unpaired) electrons. The van der Waals surface area contributed by atoms with Crippen molar-refractivity contribution in [2.45, 2.75) is 52.7 Å². The zero-order chi connectivity index (χ0) is 30.5. The molecule has 8 heteroatoms. The number of nitrogens with one attached hydrogen (secondary N) is 1. The summed E-state index contributed by atoms with van der Waals surface area (Å²) >= 11 is 6.27. The number of carbonyl (C=O) groups is 2. The standard InChI is InChI=1S/C36H35ClN2O4.Na/c1-4-5-8-24-13-15-26(16-14-24)27-17-18-31-32(21-27)39(22-25-9-6-11-29(37)19-25)34(36(41)42)33(31)38-35(40)28-10-7-12-30(20-28)43-23(2)3;/h6-7,9-21,23H,4-5,8,22H2,1-3H3,(H,38,40)(H,41,42);. The van der Waals surface area contributed by atoms with E-state index in [1.165, 1.54) is 5.56 Å². The van der Waals surface area contributed by atoms with Crippen molar-refractivity contribution in [2.75, 3.05) is 5.32 Å². The molecule has 4 aromatic carbocycles. The number of aromatic nitrogens is 1. The quantitative estimate of drug-likeness (QED) is 0.145. The van der Waals surface area contributed by atoms with Gasteiger partial charge in [-0.2, -0.15) is 0 Å². The van der Waals surface area contributed by atoms with Crippen molar-refractivity contribution in [1.29, 1.82) is 0 Å². The molecule has 0 aliphatic rings. The van der Waals surface area contributed by atoms with Gasteiger partial charge in [0.1, 0.15) is 5.75 Å². The van der Waals surface area contributed by atoms with Crippen LogP contribution in [0.4, 0.5) is 5.69 Å². The van der Waals surface area contributed by atoms with Crippen LogP contribution in [0.25, 0.3) is 22.0 Å². The number of halogens is 1. The Morgan fingerprint density at radius 3 is 2.32 bits per heavy atom. The smallest absolute Gasteiger partial charge is 0.354 e. The summed E-state index contributed by atoms with van der Waals surface area (Å²) in [5.74, 6) is -1.01. The molecule has 0 aliphatic heterocycles. The van der Waals surface area contributed by atoms with Gasteiger partial charge in [-0.05, 0) is 85.3 Å². The summed E-state index contributed by atoms with van der Waals surface area (Å²) in [6.45, 7) is 6.26. The Kier molecular flexibility index (Phi) is 11.3. The number of fused-ring (bicyclic) bond motifs is 1. The summed E-state index contributed by atoms with van der Waals surface area (Å²) in [6.07, 6.45) is 3.27. The maximum atomic E-state index is 13.5. The van der Waals surface area contributed by atoms with E-state index in [2.05, 4.69) is 36.5 Å². The van der Waals surface area contributed by atoms with Crippen molar-refractivity contribution in [2.24, 2.45) is 0 Å². The molecule has 5 aromatic rings. The first-order valence-electron chi connectivity index (χ1n) is 14.5. The maximum Gasteiger partial charge on any atom is 0.354 e. The zero-order valence-electron chi connectivity index (χ0n) is 25.6. The Bertz CT molecular complexity index is 1780. The van der Waals surface area contributed by atoms with Gasteiger partial charge in [-0.15, -0.1) is 0 Å². The van der Waals surface area contributed by atoms with Crippen LogP contribution >= 0.6 is 11.6 Å². The molecule has 1 heterocycles. The average molecular weight is 618 g/mol. The molecule has 0 unspecified atom stereocenters. The third-order valence-corrected chi connectivity index (χ3v) is 7.54. The van der Waals surface area contributed by atoms with Gasteiger partial charge in [0.15, 0.2) is 5.69 Å². The first-order chi connectivity index (χ1) is 20.7. The Labute approximate surface area is 285 Å². The number of unbranched alkanes of at least 4 members (excludes halogenated alkanes) is 1. The molecule has 0 fully saturated rings. The van der Waals surface area contributed by atoms with Crippen molar-refractivity contribution < 1.29 is 19.4 Å². The largest absolute Gasteiger partial charge is 0.491 e. The van der Waals surface area contributed by atoms with Crippen LogP contribution in [0.3, 0.4) is 0 Å². The van der Waals surface area contributed by atoms with Gasteiger partial charge in [0, 0.05) is 52.1 Å². The van der Waals surface area contributed by atoms with E-state index in [1.54, 1.807) is 34.9 Å². The van der Waals surface area contributed by atoms with Crippen molar-refractivity contribution in [3.8, 4) is 16.9 Å². The van der Waals surface area contributed by atoms with Gasteiger partial charge in [-0.3, -0.25) is 4.79 Å². The summed E-state index contributed by atoms with van der Waals surface area (Å²) in [7, 11) is 0. The number of hydrogen-bond acceptors (Lipinski definition) is 3. The minimum Gasteiger partial charge on any atom is -0.491 e. The normalized spacial score (nSPS) is 10.9. The first-order valence-corrected chi connectivity index (χ1v) is 14.9. The number of carbonyl (C=O) groups excluding carboxylic acids is 1. The molecule has 0 aliphatic carbocycles. The molecule has 0 saturated carbocycles. The van der Waals surface area contributed by atoms with E-state index in [1.807, 2.05) is 50.2 Å². The van der Waals surface area contributed by atoms with Crippen LogP contribution in [0.5, 0.6) is 5.75 Å². The van der Waals surface area contributed by atoms with Crippen molar-refractivity contribution in [3.63, 3.8) is 0 Å². The van der Waals surface area contributed by atoms with Crippen LogP contribution < -0.4 is 10.1 Å². The number of amides is 1. The number of aromatic carboxylic acids is 1. The zero-order valence-corrected chi connectivity index (χ0v) is 28.3.